The number of nitrogens with one attached hydrogen (secondary N) is 2. The summed E-state index contributed by atoms with van der Waals surface area (Å²) in [6.45, 7) is 6.38. The molecule has 0 spiro atoms. The van der Waals surface area contributed by atoms with Gasteiger partial charge in [-0.25, -0.2) is 0 Å². The van der Waals surface area contributed by atoms with Crippen LogP contribution in [-0.2, 0) is 0 Å². The molecule has 0 saturated heterocycles. The molecule has 2 N–H and O–H groups in total. The van der Waals surface area contributed by atoms with E-state index in [0.717, 1.165) is 24.1 Å². The smallest absolute Gasteiger partial charge is 0.166 e. The summed E-state index contributed by atoms with van der Waals surface area (Å²) in [7, 11) is 0. The Hall–Kier alpha value is -0.310. The lowest BCUT2D eigenvalue weighted by Gasteiger charge is -2.11. The summed E-state index contributed by atoms with van der Waals surface area (Å²) >= 11 is 5.10. The number of hydrogen-bond acceptors (Lipinski definition) is 1. The van der Waals surface area contributed by atoms with E-state index in [9.17, 15) is 0 Å². The highest BCUT2D eigenvalue weighted by Crippen LogP contribution is 2.27. The molecule has 0 aromatic carbocycles. The summed E-state index contributed by atoms with van der Waals surface area (Å²) < 4.78 is 0. The Morgan fingerprint density at radius 2 is 2.08 bits per heavy atom. The van der Waals surface area contributed by atoms with E-state index in [2.05, 4.69) is 24.5 Å². The Balaban J connectivity index is 1.95. The van der Waals surface area contributed by atoms with Crippen LogP contribution in [0.3, 0.4) is 0 Å². The zero-order valence-corrected chi connectivity index (χ0v) is 8.71. The molecule has 0 bridgehead atoms. The van der Waals surface area contributed by atoms with Crippen molar-refractivity contribution >= 4 is 17.3 Å². The molecule has 1 aliphatic carbocycles. The van der Waals surface area contributed by atoms with Gasteiger partial charge in [-0.2, -0.15) is 0 Å². The second-order valence-corrected chi connectivity index (χ2v) is 4.34. The maximum atomic E-state index is 5.10. The molecular formula is C9H18N2S. The van der Waals surface area contributed by atoms with Crippen LogP contribution in [0, 0.1) is 11.8 Å². The van der Waals surface area contributed by atoms with E-state index < -0.39 is 0 Å². The molecule has 3 heteroatoms. The average molecular weight is 186 g/mol. The molecule has 1 rings (SSSR count). The molecule has 0 aromatic rings. The first kappa shape index (κ1) is 9.78. The first-order valence-corrected chi connectivity index (χ1v) is 5.11. The van der Waals surface area contributed by atoms with Crippen molar-refractivity contribution < 1.29 is 0 Å². The maximum Gasteiger partial charge on any atom is 0.166 e. The minimum absolute atomic E-state index is 0.658. The first-order valence-electron chi connectivity index (χ1n) is 4.70. The summed E-state index contributed by atoms with van der Waals surface area (Å²) in [5.41, 5.74) is 0. The van der Waals surface area contributed by atoms with E-state index >= 15 is 0 Å². The van der Waals surface area contributed by atoms with Gasteiger partial charge in [-0.1, -0.05) is 13.8 Å². The van der Waals surface area contributed by atoms with E-state index in [1.165, 1.54) is 12.8 Å². The fraction of sp³-hybridized carbons (Fsp3) is 0.889. The molecule has 0 amide bonds. The standard InChI is InChI=1S/C9H18N2S/c1-7(2)5-10-9(12)11-6-8-3-4-8/h7-8H,3-6H2,1-2H3,(H2,10,11,12). The van der Waals surface area contributed by atoms with Crippen molar-refractivity contribution in [3.8, 4) is 0 Å². The Labute approximate surface area is 80.1 Å². The molecule has 0 unspecified atom stereocenters. The lowest BCUT2D eigenvalue weighted by molar-refractivity contribution is 0.617. The molecule has 70 valence electrons. The van der Waals surface area contributed by atoms with Gasteiger partial charge >= 0.3 is 0 Å². The first-order chi connectivity index (χ1) is 5.68. The van der Waals surface area contributed by atoms with Gasteiger partial charge in [0.25, 0.3) is 0 Å². The van der Waals surface area contributed by atoms with Crippen molar-refractivity contribution in [1.82, 2.24) is 10.6 Å². The average Bonchev–Trinajstić information content (AvgIpc) is 2.80. The summed E-state index contributed by atoms with van der Waals surface area (Å²) in [5, 5.41) is 7.22. The summed E-state index contributed by atoms with van der Waals surface area (Å²) in [5.74, 6) is 1.55. The van der Waals surface area contributed by atoms with Gasteiger partial charge in [0.15, 0.2) is 5.11 Å². The second kappa shape index (κ2) is 4.65. The predicted octanol–water partition coefficient (Wildman–Crippen LogP) is 1.52. The maximum absolute atomic E-state index is 5.10. The second-order valence-electron chi connectivity index (χ2n) is 3.93. The molecule has 0 heterocycles. The van der Waals surface area contributed by atoms with E-state index in [0.29, 0.717) is 5.92 Å². The van der Waals surface area contributed by atoms with Gasteiger partial charge in [-0.3, -0.25) is 0 Å². The highest BCUT2D eigenvalue weighted by atomic mass is 32.1. The monoisotopic (exact) mass is 186 g/mol. The van der Waals surface area contributed by atoms with Crippen LogP contribution in [0.25, 0.3) is 0 Å². The van der Waals surface area contributed by atoms with Gasteiger partial charge in [0.1, 0.15) is 0 Å². The van der Waals surface area contributed by atoms with E-state index in [1.54, 1.807) is 0 Å². The minimum Gasteiger partial charge on any atom is -0.362 e. The molecule has 1 aliphatic rings. The van der Waals surface area contributed by atoms with Gasteiger partial charge in [0, 0.05) is 13.1 Å². The van der Waals surface area contributed by atoms with Crippen molar-refractivity contribution in [1.29, 1.82) is 0 Å². The minimum atomic E-state index is 0.658. The van der Waals surface area contributed by atoms with Gasteiger partial charge < -0.3 is 10.6 Å². The fourth-order valence-electron chi connectivity index (χ4n) is 0.918. The number of rotatable bonds is 4. The van der Waals surface area contributed by atoms with Gasteiger partial charge in [0.05, 0.1) is 0 Å². The quantitative estimate of drug-likeness (QED) is 0.651. The van der Waals surface area contributed by atoms with Crippen LogP contribution in [0.1, 0.15) is 26.7 Å². The van der Waals surface area contributed by atoms with Crippen LogP contribution in [-0.4, -0.2) is 18.2 Å². The molecule has 2 nitrogen and oxygen atoms in total. The van der Waals surface area contributed by atoms with E-state index in [4.69, 9.17) is 12.2 Å². The van der Waals surface area contributed by atoms with Crippen LogP contribution < -0.4 is 10.6 Å². The summed E-state index contributed by atoms with van der Waals surface area (Å²) in [4.78, 5) is 0. The highest BCUT2D eigenvalue weighted by molar-refractivity contribution is 7.80. The van der Waals surface area contributed by atoms with Crippen molar-refractivity contribution in [2.75, 3.05) is 13.1 Å². The highest BCUT2D eigenvalue weighted by Gasteiger charge is 2.20. The SMILES string of the molecule is CC(C)CNC(=S)NCC1CC1. The van der Waals surface area contributed by atoms with Gasteiger partial charge in [0.2, 0.25) is 0 Å². The third kappa shape index (κ3) is 4.54. The number of thiocarbonyl (C=S) groups is 1. The molecule has 0 aromatic heterocycles. The Kier molecular flexibility index (Phi) is 3.79. The zero-order valence-electron chi connectivity index (χ0n) is 7.89. The normalized spacial score (nSPS) is 16.2. The lowest BCUT2D eigenvalue weighted by Crippen LogP contribution is -2.38. The van der Waals surface area contributed by atoms with Crippen LogP contribution in [0.5, 0.6) is 0 Å². The zero-order chi connectivity index (χ0) is 8.97. The molecule has 0 radical (unpaired) electrons. The van der Waals surface area contributed by atoms with Gasteiger partial charge in [-0.15, -0.1) is 0 Å². The van der Waals surface area contributed by atoms with Crippen molar-refractivity contribution in [2.45, 2.75) is 26.7 Å². The third-order valence-electron chi connectivity index (χ3n) is 1.92. The largest absolute Gasteiger partial charge is 0.362 e. The molecule has 0 atom stereocenters. The topological polar surface area (TPSA) is 24.1 Å². The van der Waals surface area contributed by atoms with Crippen LogP contribution in [0.2, 0.25) is 0 Å². The molecule has 1 fully saturated rings. The third-order valence-corrected chi connectivity index (χ3v) is 2.21. The molecular weight excluding hydrogens is 168 g/mol. The van der Waals surface area contributed by atoms with Crippen molar-refractivity contribution in [2.24, 2.45) is 11.8 Å². The Morgan fingerprint density at radius 1 is 1.42 bits per heavy atom. The Morgan fingerprint density at radius 3 is 2.58 bits per heavy atom. The summed E-state index contributed by atoms with van der Waals surface area (Å²) in [6.07, 6.45) is 2.75. The van der Waals surface area contributed by atoms with Gasteiger partial charge in [-0.05, 0) is 36.9 Å². The predicted molar refractivity (Wildman–Crippen MR) is 56.2 cm³/mol. The summed E-state index contributed by atoms with van der Waals surface area (Å²) in [6, 6.07) is 0. The molecule has 0 aliphatic heterocycles. The van der Waals surface area contributed by atoms with Crippen LogP contribution >= 0.6 is 12.2 Å². The molecule has 12 heavy (non-hydrogen) atoms. The van der Waals surface area contributed by atoms with E-state index in [1.807, 2.05) is 0 Å². The van der Waals surface area contributed by atoms with Crippen LogP contribution in [0.15, 0.2) is 0 Å². The van der Waals surface area contributed by atoms with Crippen LogP contribution in [0.4, 0.5) is 0 Å². The van der Waals surface area contributed by atoms with Crippen molar-refractivity contribution in [3.05, 3.63) is 0 Å². The molecule has 1 saturated carbocycles. The lowest BCUT2D eigenvalue weighted by atomic mass is 10.2. The van der Waals surface area contributed by atoms with Crippen molar-refractivity contribution in [3.63, 3.8) is 0 Å². The van der Waals surface area contributed by atoms with E-state index in [-0.39, 0.29) is 0 Å². The Bertz CT molecular complexity index is 145. The number of hydrogen-bond donors (Lipinski definition) is 2. The fourth-order valence-corrected chi connectivity index (χ4v) is 1.08.